The topological polar surface area (TPSA) is 145 Å². The molecule has 0 aliphatic rings. The van der Waals surface area contributed by atoms with E-state index in [1.165, 1.54) is 0 Å². The Kier molecular flexibility index (Phi) is 9.46. The normalized spacial score (nSPS) is 15.1. The first-order valence-corrected chi connectivity index (χ1v) is 12.5. The molecule has 0 fully saturated rings. The average Bonchev–Trinajstić information content (AvgIpc) is 2.67. The van der Waals surface area contributed by atoms with Gasteiger partial charge in [-0.3, -0.25) is 9.59 Å². The van der Waals surface area contributed by atoms with Crippen molar-refractivity contribution in [3.63, 3.8) is 0 Å². The summed E-state index contributed by atoms with van der Waals surface area (Å²) in [6, 6.07) is 0. The van der Waals surface area contributed by atoms with Gasteiger partial charge in [-0.2, -0.15) is 26.3 Å². The maximum absolute atomic E-state index is 11.9. The van der Waals surface area contributed by atoms with Crippen LogP contribution < -0.4 is 0 Å². The predicted octanol–water partition coefficient (Wildman–Crippen LogP) is 3.35. The number of hydrogen-bond donors (Lipinski definition) is 0. The molecular weight excluding hydrogens is 565 g/mol. The number of carbonyl (C=O) groups is 2. The fraction of sp³-hybridized carbons (Fsp3) is 0.286. The van der Waals surface area contributed by atoms with Crippen LogP contribution in [0.25, 0.3) is 0 Å². The monoisotopic (exact) mass is 574 g/mol. The van der Waals surface area contributed by atoms with Gasteiger partial charge in [0, 0.05) is 37.3 Å². The van der Waals surface area contributed by atoms with Gasteiger partial charge in [-0.1, -0.05) is 0 Å². The van der Waals surface area contributed by atoms with Gasteiger partial charge in [-0.15, -0.1) is 8.73 Å². The van der Waals surface area contributed by atoms with Crippen LogP contribution in [-0.4, -0.2) is 65.0 Å². The Balaban J connectivity index is 0.000000340. The molecule has 2 amide bonds. The zero-order valence-corrected chi connectivity index (χ0v) is 19.6. The summed E-state index contributed by atoms with van der Waals surface area (Å²) < 4.78 is 100. The van der Waals surface area contributed by atoms with Gasteiger partial charge in [0.15, 0.2) is 0 Å². The number of halogens is 8. The summed E-state index contributed by atoms with van der Waals surface area (Å²) in [6.07, 6.45) is -4.77. The molecule has 2 aromatic rings. The molecule has 2 rings (SSSR count). The Morgan fingerprint density at radius 1 is 0.706 bits per heavy atom. The van der Waals surface area contributed by atoms with E-state index in [1.807, 2.05) is 0 Å². The molecule has 0 radical (unpaired) electrons. The molecule has 0 N–H and O–H groups in total. The second kappa shape index (κ2) is 10.9. The van der Waals surface area contributed by atoms with Gasteiger partial charge >= 0.3 is 24.2 Å². The molecule has 0 unspecified atom stereocenters. The van der Waals surface area contributed by atoms with E-state index >= 15 is 0 Å². The number of amides is 2. The number of aromatic nitrogens is 4. The van der Waals surface area contributed by atoms with Crippen molar-refractivity contribution in [1.29, 1.82) is 0 Å². The molecule has 2 heterocycles. The lowest BCUT2D eigenvalue weighted by Crippen LogP contribution is -2.21. The predicted molar refractivity (Wildman–Crippen MR) is 106 cm³/mol. The van der Waals surface area contributed by atoms with Crippen LogP contribution in [0.5, 0.6) is 0 Å². The van der Waals surface area contributed by atoms with E-state index in [4.69, 9.17) is 23.2 Å². The minimum Gasteiger partial charge on any atom is -0.261 e. The maximum atomic E-state index is 11.9. The highest BCUT2D eigenvalue weighted by atomic mass is 35.5. The second-order valence-electron chi connectivity index (χ2n) is 5.77. The number of carbonyl (C=O) groups excluding carboxylic acids is 2. The SMILES string of the molecule is C[S@@](=O)(=NC(=O)C(F)(F)F)c1cnc(Cl)nc1.C[S@](=O)(=NC(=O)C(F)(F)F)c1cnc(Cl)nc1. The van der Waals surface area contributed by atoms with E-state index in [0.717, 1.165) is 37.3 Å². The van der Waals surface area contributed by atoms with Crippen LogP contribution in [-0.2, 0) is 29.0 Å². The highest BCUT2D eigenvalue weighted by molar-refractivity contribution is 7.93. The molecule has 34 heavy (non-hydrogen) atoms. The smallest absolute Gasteiger partial charge is 0.261 e. The van der Waals surface area contributed by atoms with Gasteiger partial charge in [0.25, 0.3) is 0 Å². The first-order chi connectivity index (χ1) is 15.3. The average molecular weight is 575 g/mol. The molecule has 0 spiro atoms. The van der Waals surface area contributed by atoms with E-state index < -0.39 is 43.6 Å². The van der Waals surface area contributed by atoms with Gasteiger partial charge in [0.1, 0.15) is 0 Å². The largest absolute Gasteiger partial charge is 0.474 e. The van der Waals surface area contributed by atoms with E-state index in [1.54, 1.807) is 0 Å². The maximum Gasteiger partial charge on any atom is 0.474 e. The Hall–Kier alpha value is -2.44. The van der Waals surface area contributed by atoms with Crippen molar-refractivity contribution >= 4 is 54.5 Å². The van der Waals surface area contributed by atoms with E-state index in [-0.39, 0.29) is 20.4 Å². The molecule has 2 aromatic heterocycles. The van der Waals surface area contributed by atoms with Crippen LogP contribution in [0.2, 0.25) is 10.6 Å². The van der Waals surface area contributed by atoms with E-state index in [2.05, 4.69) is 28.7 Å². The molecule has 188 valence electrons. The van der Waals surface area contributed by atoms with Gasteiger partial charge in [-0.25, -0.2) is 28.4 Å². The van der Waals surface area contributed by atoms with Gasteiger partial charge in [0.05, 0.1) is 29.2 Å². The first kappa shape index (κ1) is 29.6. The van der Waals surface area contributed by atoms with Crippen molar-refractivity contribution in [2.24, 2.45) is 8.73 Å². The Morgan fingerprint density at radius 3 is 1.15 bits per heavy atom. The zero-order valence-electron chi connectivity index (χ0n) is 16.5. The lowest BCUT2D eigenvalue weighted by atomic mass is 10.6. The number of rotatable bonds is 2. The van der Waals surface area contributed by atoms with Crippen LogP contribution in [0.1, 0.15) is 0 Å². The lowest BCUT2D eigenvalue weighted by molar-refractivity contribution is -0.169. The quantitative estimate of drug-likeness (QED) is 0.392. The van der Waals surface area contributed by atoms with Crippen LogP contribution in [0, 0.1) is 0 Å². The standard InChI is InChI=1S/2C7H5ClF3N3O2S/c2*1-17(16,14-5(15)7(9,10)11)4-2-12-6(8)13-3-4/h2*2-3H,1H3/t2*17-/m10/s1. The summed E-state index contributed by atoms with van der Waals surface area (Å²) >= 11 is 10.7. The van der Waals surface area contributed by atoms with Crippen molar-refractivity contribution < 1.29 is 44.3 Å². The van der Waals surface area contributed by atoms with Gasteiger partial charge in [0.2, 0.25) is 10.6 Å². The van der Waals surface area contributed by atoms with Crippen molar-refractivity contribution in [1.82, 2.24) is 19.9 Å². The van der Waals surface area contributed by atoms with E-state index in [9.17, 15) is 44.3 Å². The molecular formula is C14H10Cl2F6N6O4S2. The first-order valence-electron chi connectivity index (χ1n) is 7.87. The van der Waals surface area contributed by atoms with E-state index in [0.29, 0.717) is 0 Å². The summed E-state index contributed by atoms with van der Waals surface area (Å²) in [5, 5.41) is -0.322. The van der Waals surface area contributed by atoms with Crippen molar-refractivity contribution in [3.05, 3.63) is 35.4 Å². The Labute approximate surface area is 197 Å². The molecule has 2 atom stereocenters. The highest BCUT2D eigenvalue weighted by Crippen LogP contribution is 2.20. The summed E-state index contributed by atoms with van der Waals surface area (Å²) in [5.74, 6) is -4.83. The van der Waals surface area contributed by atoms with Crippen molar-refractivity contribution in [3.8, 4) is 0 Å². The lowest BCUT2D eigenvalue weighted by Gasteiger charge is -2.04. The number of hydrogen-bond acceptors (Lipinski definition) is 8. The minimum absolute atomic E-state index is 0.161. The fourth-order valence-corrected chi connectivity index (χ4v) is 3.76. The number of alkyl halides is 6. The van der Waals surface area contributed by atoms with Crippen LogP contribution >= 0.6 is 23.2 Å². The molecule has 0 saturated carbocycles. The third kappa shape index (κ3) is 9.07. The second-order valence-corrected chi connectivity index (χ2v) is 11.0. The number of nitrogens with zero attached hydrogens (tertiary/aromatic N) is 6. The zero-order chi connectivity index (χ0) is 26.5. The van der Waals surface area contributed by atoms with Crippen LogP contribution in [0.3, 0.4) is 0 Å². The van der Waals surface area contributed by atoms with Crippen molar-refractivity contribution in [2.45, 2.75) is 22.1 Å². The Morgan fingerprint density at radius 2 is 0.941 bits per heavy atom. The summed E-state index contributed by atoms with van der Waals surface area (Å²) in [5.41, 5.74) is 0. The third-order valence-corrected chi connectivity index (χ3v) is 6.66. The van der Waals surface area contributed by atoms with Crippen LogP contribution in [0.4, 0.5) is 26.3 Å². The molecule has 0 aliphatic carbocycles. The minimum atomic E-state index is -5.16. The molecule has 0 saturated heterocycles. The Bertz CT molecular complexity index is 1200. The van der Waals surface area contributed by atoms with Crippen LogP contribution in [0.15, 0.2) is 43.3 Å². The fourth-order valence-electron chi connectivity index (χ4n) is 1.52. The highest BCUT2D eigenvalue weighted by Gasteiger charge is 2.40. The van der Waals surface area contributed by atoms with Gasteiger partial charge < -0.3 is 0 Å². The summed E-state index contributed by atoms with van der Waals surface area (Å²) in [7, 11) is -7.08. The molecule has 20 heteroatoms. The molecule has 0 bridgehead atoms. The third-order valence-electron chi connectivity index (χ3n) is 3.07. The molecule has 10 nitrogen and oxygen atoms in total. The van der Waals surface area contributed by atoms with Crippen molar-refractivity contribution in [2.75, 3.05) is 12.5 Å². The van der Waals surface area contributed by atoms with Gasteiger partial charge in [-0.05, 0) is 23.2 Å². The molecule has 0 aliphatic heterocycles. The summed E-state index contributed by atoms with van der Waals surface area (Å²) in [6.45, 7) is 0. The molecule has 0 aromatic carbocycles. The summed E-state index contributed by atoms with van der Waals surface area (Å²) in [4.78, 5) is 34.5.